The highest BCUT2D eigenvalue weighted by Crippen LogP contribution is 2.22. The highest BCUT2D eigenvalue weighted by Gasteiger charge is 2.01. The Hall–Kier alpha value is -1.22. The van der Waals surface area contributed by atoms with E-state index in [0.717, 1.165) is 18.6 Å². The third kappa shape index (κ3) is 4.11. The van der Waals surface area contributed by atoms with E-state index in [1.165, 1.54) is 0 Å². The van der Waals surface area contributed by atoms with Crippen LogP contribution in [-0.4, -0.2) is 13.7 Å². The van der Waals surface area contributed by atoms with Crippen molar-refractivity contribution in [2.75, 3.05) is 19.5 Å². The Morgan fingerprint density at radius 3 is 2.62 bits per heavy atom. The van der Waals surface area contributed by atoms with Crippen molar-refractivity contribution in [3.8, 4) is 5.75 Å². The van der Waals surface area contributed by atoms with Crippen molar-refractivity contribution in [1.29, 1.82) is 0 Å². The number of ether oxygens (including phenoxy) is 2. The summed E-state index contributed by atoms with van der Waals surface area (Å²) in [6, 6.07) is 5.75. The molecule has 0 heterocycles. The van der Waals surface area contributed by atoms with Crippen LogP contribution in [0.5, 0.6) is 5.75 Å². The number of hydrogen-bond donors (Lipinski definition) is 1. The fraction of sp³-hybridized carbons (Fsp3) is 0.538. The molecule has 0 fully saturated rings. The van der Waals surface area contributed by atoms with E-state index in [9.17, 15) is 0 Å². The van der Waals surface area contributed by atoms with Gasteiger partial charge in [0.05, 0.1) is 19.4 Å². The SMILES string of the molecule is COc1ccc(COCCC(C)C)cc1N. The Morgan fingerprint density at radius 2 is 2.06 bits per heavy atom. The molecule has 0 saturated heterocycles. The zero-order chi connectivity index (χ0) is 12.0. The minimum absolute atomic E-state index is 0.612. The van der Waals surface area contributed by atoms with Gasteiger partial charge in [-0.25, -0.2) is 0 Å². The number of nitrogens with two attached hydrogens (primary N) is 1. The first-order valence-electron chi connectivity index (χ1n) is 5.63. The van der Waals surface area contributed by atoms with E-state index in [1.807, 2.05) is 18.2 Å². The van der Waals surface area contributed by atoms with Crippen molar-refractivity contribution >= 4 is 5.69 Å². The molecule has 1 aromatic carbocycles. The average molecular weight is 223 g/mol. The summed E-state index contributed by atoms with van der Waals surface area (Å²) in [5.41, 5.74) is 7.55. The summed E-state index contributed by atoms with van der Waals surface area (Å²) in [5.74, 6) is 1.40. The molecule has 16 heavy (non-hydrogen) atoms. The first kappa shape index (κ1) is 12.8. The van der Waals surface area contributed by atoms with Gasteiger partial charge in [0.2, 0.25) is 0 Å². The summed E-state index contributed by atoms with van der Waals surface area (Å²) in [5, 5.41) is 0. The fourth-order valence-corrected chi connectivity index (χ4v) is 1.38. The summed E-state index contributed by atoms with van der Waals surface area (Å²) in [6.07, 6.45) is 1.09. The van der Waals surface area contributed by atoms with Gasteiger partial charge in [0, 0.05) is 6.61 Å². The minimum atomic E-state index is 0.612. The standard InChI is InChI=1S/C13H21NO2/c1-10(2)6-7-16-9-11-4-5-13(15-3)12(14)8-11/h4-5,8,10H,6-7,9,14H2,1-3H3. The zero-order valence-electron chi connectivity index (χ0n) is 10.3. The Labute approximate surface area is 97.6 Å². The van der Waals surface area contributed by atoms with Gasteiger partial charge in [-0.15, -0.1) is 0 Å². The van der Waals surface area contributed by atoms with Crippen molar-refractivity contribution in [1.82, 2.24) is 0 Å². The number of benzene rings is 1. The van der Waals surface area contributed by atoms with E-state index in [-0.39, 0.29) is 0 Å². The molecule has 0 spiro atoms. The second kappa shape index (κ2) is 6.38. The van der Waals surface area contributed by atoms with Crippen LogP contribution in [-0.2, 0) is 11.3 Å². The summed E-state index contributed by atoms with van der Waals surface area (Å²) in [7, 11) is 1.62. The molecular formula is C13H21NO2. The first-order chi connectivity index (χ1) is 7.63. The van der Waals surface area contributed by atoms with Crippen molar-refractivity contribution in [2.24, 2.45) is 5.92 Å². The fourth-order valence-electron chi connectivity index (χ4n) is 1.38. The Morgan fingerprint density at radius 1 is 1.31 bits per heavy atom. The van der Waals surface area contributed by atoms with Gasteiger partial charge in [-0.2, -0.15) is 0 Å². The first-order valence-corrected chi connectivity index (χ1v) is 5.63. The lowest BCUT2D eigenvalue weighted by Gasteiger charge is -2.09. The second-order valence-corrected chi connectivity index (χ2v) is 4.31. The number of nitrogen functional groups attached to an aromatic ring is 1. The predicted octanol–water partition coefficient (Wildman–Crippen LogP) is 2.84. The van der Waals surface area contributed by atoms with Crippen LogP contribution in [0.1, 0.15) is 25.8 Å². The summed E-state index contributed by atoms with van der Waals surface area (Å²) in [6.45, 7) is 5.79. The van der Waals surface area contributed by atoms with Crippen LogP contribution in [0.3, 0.4) is 0 Å². The van der Waals surface area contributed by atoms with Gasteiger partial charge in [-0.1, -0.05) is 19.9 Å². The smallest absolute Gasteiger partial charge is 0.141 e. The number of methoxy groups -OCH3 is 1. The van der Waals surface area contributed by atoms with Crippen LogP contribution < -0.4 is 10.5 Å². The minimum Gasteiger partial charge on any atom is -0.495 e. The molecule has 1 aromatic rings. The van der Waals surface area contributed by atoms with Crippen molar-refractivity contribution in [3.63, 3.8) is 0 Å². The van der Waals surface area contributed by atoms with Gasteiger partial charge in [-0.05, 0) is 30.0 Å². The quantitative estimate of drug-likeness (QED) is 0.595. The van der Waals surface area contributed by atoms with E-state index in [0.29, 0.717) is 24.0 Å². The molecule has 2 N–H and O–H groups in total. The van der Waals surface area contributed by atoms with E-state index < -0.39 is 0 Å². The molecule has 0 bridgehead atoms. The molecular weight excluding hydrogens is 202 g/mol. The van der Waals surface area contributed by atoms with Gasteiger partial charge in [-0.3, -0.25) is 0 Å². The summed E-state index contributed by atoms with van der Waals surface area (Å²) < 4.78 is 10.7. The largest absolute Gasteiger partial charge is 0.495 e. The highest BCUT2D eigenvalue weighted by molar-refractivity contribution is 5.54. The Kier molecular flexibility index (Phi) is 5.12. The monoisotopic (exact) mass is 223 g/mol. The molecule has 0 aliphatic carbocycles. The van der Waals surface area contributed by atoms with E-state index in [2.05, 4.69) is 13.8 Å². The van der Waals surface area contributed by atoms with Gasteiger partial charge in [0.25, 0.3) is 0 Å². The third-order valence-electron chi connectivity index (χ3n) is 2.40. The summed E-state index contributed by atoms with van der Waals surface area (Å²) in [4.78, 5) is 0. The highest BCUT2D eigenvalue weighted by atomic mass is 16.5. The number of hydrogen-bond acceptors (Lipinski definition) is 3. The van der Waals surface area contributed by atoms with Crippen LogP contribution >= 0.6 is 0 Å². The number of anilines is 1. The topological polar surface area (TPSA) is 44.5 Å². The maximum atomic E-state index is 5.80. The van der Waals surface area contributed by atoms with Crippen LogP contribution in [0, 0.1) is 5.92 Å². The molecule has 0 atom stereocenters. The average Bonchev–Trinajstić information content (AvgIpc) is 2.24. The predicted molar refractivity (Wildman–Crippen MR) is 66.5 cm³/mol. The molecule has 0 amide bonds. The summed E-state index contributed by atoms with van der Waals surface area (Å²) >= 11 is 0. The van der Waals surface area contributed by atoms with Gasteiger partial charge < -0.3 is 15.2 Å². The Balaban J connectivity index is 2.40. The van der Waals surface area contributed by atoms with E-state index >= 15 is 0 Å². The maximum Gasteiger partial charge on any atom is 0.141 e. The van der Waals surface area contributed by atoms with E-state index in [4.69, 9.17) is 15.2 Å². The molecule has 3 heteroatoms. The van der Waals surface area contributed by atoms with Crippen LogP contribution in [0.2, 0.25) is 0 Å². The van der Waals surface area contributed by atoms with Gasteiger partial charge in [0.15, 0.2) is 0 Å². The molecule has 0 radical (unpaired) electrons. The van der Waals surface area contributed by atoms with Crippen molar-refractivity contribution < 1.29 is 9.47 Å². The molecule has 90 valence electrons. The molecule has 1 rings (SSSR count). The van der Waals surface area contributed by atoms with Crippen LogP contribution in [0.4, 0.5) is 5.69 Å². The van der Waals surface area contributed by atoms with E-state index in [1.54, 1.807) is 7.11 Å². The third-order valence-corrected chi connectivity index (χ3v) is 2.40. The number of rotatable bonds is 6. The molecule has 0 saturated carbocycles. The van der Waals surface area contributed by atoms with Crippen LogP contribution in [0.15, 0.2) is 18.2 Å². The molecule has 0 aliphatic heterocycles. The van der Waals surface area contributed by atoms with Gasteiger partial charge >= 0.3 is 0 Å². The lowest BCUT2D eigenvalue weighted by atomic mass is 10.1. The van der Waals surface area contributed by atoms with Crippen molar-refractivity contribution in [3.05, 3.63) is 23.8 Å². The van der Waals surface area contributed by atoms with Crippen molar-refractivity contribution in [2.45, 2.75) is 26.9 Å². The lowest BCUT2D eigenvalue weighted by molar-refractivity contribution is 0.110. The zero-order valence-corrected chi connectivity index (χ0v) is 10.3. The maximum absolute atomic E-state index is 5.80. The second-order valence-electron chi connectivity index (χ2n) is 4.31. The Bertz CT molecular complexity index is 324. The molecule has 3 nitrogen and oxygen atoms in total. The van der Waals surface area contributed by atoms with Crippen LogP contribution in [0.25, 0.3) is 0 Å². The lowest BCUT2D eigenvalue weighted by Crippen LogP contribution is -2.00. The normalized spacial score (nSPS) is 10.8. The van der Waals surface area contributed by atoms with Gasteiger partial charge in [0.1, 0.15) is 5.75 Å². The molecule has 0 unspecified atom stereocenters. The molecule has 0 aliphatic rings. The molecule has 0 aromatic heterocycles.